The summed E-state index contributed by atoms with van der Waals surface area (Å²) in [6, 6.07) is 15.6. The summed E-state index contributed by atoms with van der Waals surface area (Å²) < 4.78 is 5.95. The lowest BCUT2D eigenvalue weighted by Crippen LogP contribution is -2.08. The van der Waals surface area contributed by atoms with E-state index in [4.69, 9.17) is 4.74 Å². The Morgan fingerprint density at radius 1 is 1.05 bits per heavy atom. The second-order valence-electron chi connectivity index (χ2n) is 5.13. The van der Waals surface area contributed by atoms with E-state index in [1.807, 2.05) is 36.4 Å². The average Bonchev–Trinajstić information content (AvgIpc) is 2.47. The highest BCUT2D eigenvalue weighted by atomic mass is 16.5. The molecule has 2 heteroatoms. The van der Waals surface area contributed by atoms with Crippen molar-refractivity contribution >= 4 is 0 Å². The number of rotatable bonds is 6. The predicted octanol–water partition coefficient (Wildman–Crippen LogP) is 4.53. The molecule has 20 heavy (non-hydrogen) atoms. The molecule has 1 unspecified atom stereocenters. The molecular weight excluding hydrogens is 248 g/mol. The topological polar surface area (TPSA) is 29.5 Å². The lowest BCUT2D eigenvalue weighted by molar-refractivity contribution is 0.290. The maximum absolute atomic E-state index is 9.86. The molecular formula is C18H22O2. The van der Waals surface area contributed by atoms with Crippen LogP contribution in [-0.4, -0.2) is 11.7 Å². The van der Waals surface area contributed by atoms with Crippen LogP contribution in [0.4, 0.5) is 0 Å². The molecule has 0 saturated carbocycles. The molecule has 0 radical (unpaired) electrons. The van der Waals surface area contributed by atoms with Crippen LogP contribution in [-0.2, 0) is 6.42 Å². The van der Waals surface area contributed by atoms with Gasteiger partial charge in [0.05, 0.1) is 6.61 Å². The predicted molar refractivity (Wildman–Crippen MR) is 82.5 cm³/mol. The molecule has 2 aromatic carbocycles. The minimum atomic E-state index is 0.158. The molecule has 0 aliphatic rings. The Labute approximate surface area is 121 Å². The molecule has 0 aromatic heterocycles. The largest absolute Gasteiger partial charge is 0.508 e. The Bertz CT molecular complexity index is 549. The maximum Gasteiger partial charge on any atom is 0.122 e. The summed E-state index contributed by atoms with van der Waals surface area (Å²) in [5.74, 6) is 1.45. The number of aromatic hydroxyl groups is 1. The second-order valence-corrected chi connectivity index (χ2v) is 5.13. The van der Waals surface area contributed by atoms with Gasteiger partial charge < -0.3 is 9.84 Å². The lowest BCUT2D eigenvalue weighted by Gasteiger charge is -2.16. The minimum Gasteiger partial charge on any atom is -0.508 e. The Kier molecular flexibility index (Phi) is 5.05. The minimum absolute atomic E-state index is 0.158. The molecule has 2 rings (SSSR count). The van der Waals surface area contributed by atoms with Crippen molar-refractivity contribution in [3.8, 4) is 11.5 Å². The van der Waals surface area contributed by atoms with Gasteiger partial charge in [0.15, 0.2) is 0 Å². The van der Waals surface area contributed by atoms with Gasteiger partial charge in [-0.2, -0.15) is 0 Å². The molecule has 0 heterocycles. The van der Waals surface area contributed by atoms with Gasteiger partial charge >= 0.3 is 0 Å². The van der Waals surface area contributed by atoms with Crippen molar-refractivity contribution in [2.75, 3.05) is 6.61 Å². The van der Waals surface area contributed by atoms with E-state index in [1.54, 1.807) is 6.07 Å². The maximum atomic E-state index is 9.86. The standard InChI is InChI=1S/C18H22O2/c1-3-8-15-9-4-7-12-18(15)20-13-14(2)16-10-5-6-11-17(16)19/h4-7,9-12,14,19H,3,8,13H2,1-2H3. The van der Waals surface area contributed by atoms with Crippen molar-refractivity contribution in [2.24, 2.45) is 0 Å². The van der Waals surface area contributed by atoms with Gasteiger partial charge in [0.25, 0.3) is 0 Å². The first-order valence-electron chi connectivity index (χ1n) is 7.21. The molecule has 0 bridgehead atoms. The van der Waals surface area contributed by atoms with E-state index in [0.717, 1.165) is 24.2 Å². The Balaban J connectivity index is 2.04. The first kappa shape index (κ1) is 14.4. The van der Waals surface area contributed by atoms with Crippen molar-refractivity contribution in [1.82, 2.24) is 0 Å². The number of phenols is 1. The van der Waals surface area contributed by atoms with Crippen LogP contribution in [0.1, 0.15) is 37.3 Å². The van der Waals surface area contributed by atoms with E-state index in [1.165, 1.54) is 5.56 Å². The number of aryl methyl sites for hydroxylation is 1. The number of ether oxygens (including phenoxy) is 1. The summed E-state index contributed by atoms with van der Waals surface area (Å²) in [7, 11) is 0. The Morgan fingerprint density at radius 3 is 2.50 bits per heavy atom. The lowest BCUT2D eigenvalue weighted by atomic mass is 10.0. The quantitative estimate of drug-likeness (QED) is 0.835. The van der Waals surface area contributed by atoms with Gasteiger partial charge in [0.2, 0.25) is 0 Å². The van der Waals surface area contributed by atoms with Crippen molar-refractivity contribution < 1.29 is 9.84 Å². The van der Waals surface area contributed by atoms with E-state index in [0.29, 0.717) is 12.4 Å². The van der Waals surface area contributed by atoms with Crippen LogP contribution in [0, 0.1) is 0 Å². The van der Waals surface area contributed by atoms with Crippen LogP contribution in [0.3, 0.4) is 0 Å². The molecule has 2 aromatic rings. The molecule has 1 N–H and O–H groups in total. The molecule has 0 amide bonds. The van der Waals surface area contributed by atoms with E-state index in [-0.39, 0.29) is 5.92 Å². The molecule has 0 spiro atoms. The number of phenolic OH excluding ortho intramolecular Hbond substituents is 1. The highest BCUT2D eigenvalue weighted by Crippen LogP contribution is 2.27. The number of hydrogen-bond donors (Lipinski definition) is 1. The highest BCUT2D eigenvalue weighted by Gasteiger charge is 2.11. The van der Waals surface area contributed by atoms with Crippen LogP contribution in [0.25, 0.3) is 0 Å². The number of hydrogen-bond acceptors (Lipinski definition) is 2. The van der Waals surface area contributed by atoms with E-state index in [9.17, 15) is 5.11 Å². The Hall–Kier alpha value is -1.96. The third-order valence-electron chi connectivity index (χ3n) is 3.45. The summed E-state index contributed by atoms with van der Waals surface area (Å²) in [6.07, 6.45) is 2.14. The smallest absolute Gasteiger partial charge is 0.122 e. The van der Waals surface area contributed by atoms with Crippen LogP contribution in [0.15, 0.2) is 48.5 Å². The van der Waals surface area contributed by atoms with Gasteiger partial charge in [-0.15, -0.1) is 0 Å². The fourth-order valence-corrected chi connectivity index (χ4v) is 2.33. The second kappa shape index (κ2) is 6.99. The molecule has 106 valence electrons. The van der Waals surface area contributed by atoms with Crippen LogP contribution in [0.5, 0.6) is 11.5 Å². The molecule has 0 aliphatic carbocycles. The first-order valence-corrected chi connectivity index (χ1v) is 7.21. The zero-order valence-corrected chi connectivity index (χ0v) is 12.2. The van der Waals surface area contributed by atoms with Gasteiger partial charge in [0.1, 0.15) is 11.5 Å². The van der Waals surface area contributed by atoms with Crippen molar-refractivity contribution in [2.45, 2.75) is 32.6 Å². The van der Waals surface area contributed by atoms with Crippen LogP contribution >= 0.6 is 0 Å². The first-order chi connectivity index (χ1) is 9.72. The summed E-state index contributed by atoms with van der Waals surface area (Å²) in [4.78, 5) is 0. The van der Waals surface area contributed by atoms with Crippen molar-refractivity contribution in [1.29, 1.82) is 0 Å². The normalized spacial score (nSPS) is 12.1. The average molecular weight is 270 g/mol. The summed E-state index contributed by atoms with van der Waals surface area (Å²) >= 11 is 0. The van der Waals surface area contributed by atoms with Gasteiger partial charge in [0, 0.05) is 11.5 Å². The summed E-state index contributed by atoms with van der Waals surface area (Å²) in [5, 5.41) is 9.86. The zero-order chi connectivity index (χ0) is 14.4. The highest BCUT2D eigenvalue weighted by molar-refractivity contribution is 5.36. The van der Waals surface area contributed by atoms with E-state index in [2.05, 4.69) is 19.9 Å². The number of para-hydroxylation sites is 2. The molecule has 0 fully saturated rings. The monoisotopic (exact) mass is 270 g/mol. The van der Waals surface area contributed by atoms with Gasteiger partial charge in [-0.25, -0.2) is 0 Å². The summed E-state index contributed by atoms with van der Waals surface area (Å²) in [6.45, 7) is 4.80. The molecule has 1 atom stereocenters. The third-order valence-corrected chi connectivity index (χ3v) is 3.45. The SMILES string of the molecule is CCCc1ccccc1OCC(C)c1ccccc1O. The molecule has 0 aliphatic heterocycles. The van der Waals surface area contributed by atoms with Crippen molar-refractivity contribution in [3.63, 3.8) is 0 Å². The van der Waals surface area contributed by atoms with Crippen molar-refractivity contribution in [3.05, 3.63) is 59.7 Å². The zero-order valence-electron chi connectivity index (χ0n) is 12.2. The van der Waals surface area contributed by atoms with Gasteiger partial charge in [-0.1, -0.05) is 56.7 Å². The van der Waals surface area contributed by atoms with Crippen LogP contribution < -0.4 is 4.74 Å². The third kappa shape index (κ3) is 3.53. The Morgan fingerprint density at radius 2 is 1.75 bits per heavy atom. The summed E-state index contributed by atoms with van der Waals surface area (Å²) in [5.41, 5.74) is 2.18. The molecule has 2 nitrogen and oxygen atoms in total. The van der Waals surface area contributed by atoms with Gasteiger partial charge in [-0.05, 0) is 24.1 Å². The molecule has 0 saturated heterocycles. The fraction of sp³-hybridized carbons (Fsp3) is 0.333. The number of benzene rings is 2. The van der Waals surface area contributed by atoms with E-state index >= 15 is 0 Å². The van der Waals surface area contributed by atoms with Gasteiger partial charge in [-0.3, -0.25) is 0 Å². The van der Waals surface area contributed by atoms with E-state index < -0.39 is 0 Å². The van der Waals surface area contributed by atoms with Crippen LogP contribution in [0.2, 0.25) is 0 Å². The fourth-order valence-electron chi connectivity index (χ4n) is 2.33.